The first-order valence-corrected chi connectivity index (χ1v) is 10.3. The molecule has 0 aliphatic carbocycles. The third-order valence-corrected chi connectivity index (χ3v) is 5.13. The molecular weight excluding hydrogens is 384 g/mol. The Balaban J connectivity index is 1.25. The van der Waals surface area contributed by atoms with E-state index >= 15 is 0 Å². The van der Waals surface area contributed by atoms with Gasteiger partial charge in [0.25, 0.3) is 0 Å². The number of hydrogen-bond acceptors (Lipinski definition) is 4. The highest BCUT2D eigenvalue weighted by Gasteiger charge is 2.05. The topological polar surface area (TPSA) is 78.7 Å². The molecule has 0 fully saturated rings. The number of fused-ring (bicyclic) bond motifs is 1. The van der Waals surface area contributed by atoms with Crippen LogP contribution in [0.3, 0.4) is 0 Å². The van der Waals surface area contributed by atoms with Crippen LogP contribution >= 0.6 is 0 Å². The molecule has 0 spiro atoms. The summed E-state index contributed by atoms with van der Waals surface area (Å²) in [5.74, 6) is 0.0321. The van der Waals surface area contributed by atoms with Crippen molar-refractivity contribution in [1.82, 2.24) is 15.3 Å². The van der Waals surface area contributed by atoms with E-state index in [2.05, 4.69) is 21.4 Å². The maximum Gasteiger partial charge on any atom is 0.220 e. The number of rotatable bonds is 7. The smallest absolute Gasteiger partial charge is 0.220 e. The van der Waals surface area contributed by atoms with E-state index in [9.17, 15) is 4.79 Å². The molecule has 0 aliphatic rings. The van der Waals surface area contributed by atoms with Gasteiger partial charge in [0.1, 0.15) is 0 Å². The average molecular weight is 406 g/mol. The molecule has 0 radical (unpaired) electrons. The van der Waals surface area contributed by atoms with Crippen molar-refractivity contribution < 1.29 is 4.79 Å². The molecule has 2 aromatic heterocycles. The first-order valence-electron chi connectivity index (χ1n) is 10.3. The third kappa shape index (κ3) is 5.31. The maximum atomic E-state index is 12.2. The second kappa shape index (κ2) is 9.64. The van der Waals surface area contributed by atoms with Crippen LogP contribution in [0.1, 0.15) is 29.7 Å². The van der Waals surface area contributed by atoms with Gasteiger partial charge in [-0.1, -0.05) is 36.4 Å². The van der Waals surface area contributed by atoms with Crippen LogP contribution in [-0.4, -0.2) is 15.9 Å². The van der Waals surface area contributed by atoms with Crippen LogP contribution in [0.25, 0.3) is 22.2 Å². The van der Waals surface area contributed by atoms with E-state index in [-0.39, 0.29) is 5.91 Å². The number of hydrogen-bond donors (Lipinski definition) is 1. The lowest BCUT2D eigenvalue weighted by molar-refractivity contribution is -0.121. The van der Waals surface area contributed by atoms with E-state index in [1.165, 1.54) is 0 Å². The van der Waals surface area contributed by atoms with Gasteiger partial charge in [-0.2, -0.15) is 5.26 Å². The molecule has 0 saturated carbocycles. The van der Waals surface area contributed by atoms with Crippen LogP contribution in [0, 0.1) is 11.3 Å². The van der Waals surface area contributed by atoms with Gasteiger partial charge in [-0.3, -0.25) is 4.79 Å². The fourth-order valence-electron chi connectivity index (χ4n) is 3.43. The maximum absolute atomic E-state index is 12.2. The minimum atomic E-state index is 0.0321. The molecule has 4 rings (SSSR count). The lowest BCUT2D eigenvalue weighted by Gasteiger charge is -2.07. The zero-order valence-electron chi connectivity index (χ0n) is 17.1. The summed E-state index contributed by atoms with van der Waals surface area (Å²) >= 11 is 0. The normalized spacial score (nSPS) is 10.5. The van der Waals surface area contributed by atoms with Crippen LogP contribution in [0.15, 0.2) is 79.0 Å². The first-order chi connectivity index (χ1) is 15.2. The Kier molecular flexibility index (Phi) is 6.29. The molecule has 31 heavy (non-hydrogen) atoms. The number of nitrogens with one attached hydrogen (secondary N) is 1. The fourth-order valence-corrected chi connectivity index (χ4v) is 3.43. The van der Waals surface area contributed by atoms with Gasteiger partial charge in [-0.25, -0.2) is 9.97 Å². The number of carbonyl (C=O) groups is 1. The van der Waals surface area contributed by atoms with Crippen LogP contribution in [0.5, 0.6) is 0 Å². The summed E-state index contributed by atoms with van der Waals surface area (Å²) < 4.78 is 0. The van der Waals surface area contributed by atoms with Crippen LogP contribution < -0.4 is 5.32 Å². The van der Waals surface area contributed by atoms with Gasteiger partial charge >= 0.3 is 0 Å². The van der Waals surface area contributed by atoms with Gasteiger partial charge in [-0.05, 0) is 65.9 Å². The molecular formula is C26H22N4O. The number of nitriles is 1. The van der Waals surface area contributed by atoms with Crippen LogP contribution in [-0.2, 0) is 17.8 Å². The molecule has 5 heteroatoms. The number of carbonyl (C=O) groups excluding carboxylic acids is 1. The molecule has 0 bridgehead atoms. The number of aryl methyl sites for hydroxylation is 1. The molecule has 1 N–H and O–H groups in total. The van der Waals surface area contributed by atoms with Crippen molar-refractivity contribution in [2.24, 2.45) is 0 Å². The highest BCUT2D eigenvalue weighted by atomic mass is 16.1. The zero-order valence-corrected chi connectivity index (χ0v) is 17.1. The summed E-state index contributed by atoms with van der Waals surface area (Å²) in [6.07, 6.45) is 3.69. The highest BCUT2D eigenvalue weighted by Crippen LogP contribution is 2.21. The third-order valence-electron chi connectivity index (χ3n) is 5.13. The average Bonchev–Trinajstić information content (AvgIpc) is 2.83. The van der Waals surface area contributed by atoms with Crippen molar-refractivity contribution in [1.29, 1.82) is 5.26 Å². The van der Waals surface area contributed by atoms with E-state index in [1.54, 1.807) is 12.3 Å². The second-order valence-corrected chi connectivity index (χ2v) is 7.37. The summed E-state index contributed by atoms with van der Waals surface area (Å²) in [5.41, 5.74) is 5.43. The Morgan fingerprint density at radius 2 is 1.84 bits per heavy atom. The van der Waals surface area contributed by atoms with Crippen LogP contribution in [0.2, 0.25) is 0 Å². The van der Waals surface area contributed by atoms with E-state index in [1.807, 2.05) is 66.7 Å². The molecule has 5 nitrogen and oxygen atoms in total. The van der Waals surface area contributed by atoms with Gasteiger partial charge in [0.2, 0.25) is 5.91 Å². The summed E-state index contributed by atoms with van der Waals surface area (Å²) in [4.78, 5) is 21.0. The first kappa shape index (κ1) is 20.2. The van der Waals surface area contributed by atoms with Crippen molar-refractivity contribution in [2.75, 3.05) is 0 Å². The lowest BCUT2D eigenvalue weighted by atomic mass is 10.0. The van der Waals surface area contributed by atoms with Gasteiger partial charge in [0, 0.05) is 30.2 Å². The van der Waals surface area contributed by atoms with Crippen molar-refractivity contribution in [3.63, 3.8) is 0 Å². The number of nitrogens with zero attached hydrogens (tertiary/aromatic N) is 3. The monoisotopic (exact) mass is 406 g/mol. The molecule has 152 valence electrons. The number of benzene rings is 2. The fraction of sp³-hybridized carbons (Fsp3) is 0.154. The predicted molar refractivity (Wildman–Crippen MR) is 121 cm³/mol. The van der Waals surface area contributed by atoms with Gasteiger partial charge in [0.15, 0.2) is 5.65 Å². The van der Waals surface area contributed by atoms with E-state index < -0.39 is 0 Å². The highest BCUT2D eigenvalue weighted by molar-refractivity contribution is 5.76. The Morgan fingerprint density at radius 1 is 0.968 bits per heavy atom. The molecule has 1 amide bonds. The SMILES string of the molecule is N#Cc1cccc(-c2ccc(CNC(=O)CCCc3ccc4cccnc4n3)cc2)c1. The minimum Gasteiger partial charge on any atom is -0.352 e. The van der Waals surface area contributed by atoms with Gasteiger partial charge in [-0.15, -0.1) is 0 Å². The quantitative estimate of drug-likeness (QED) is 0.478. The van der Waals surface area contributed by atoms with Crippen molar-refractivity contribution in [3.8, 4) is 17.2 Å². The molecule has 0 atom stereocenters. The molecule has 4 aromatic rings. The zero-order chi connectivity index (χ0) is 21.5. The number of aromatic nitrogens is 2. The van der Waals surface area contributed by atoms with Gasteiger partial charge < -0.3 is 5.32 Å². The largest absolute Gasteiger partial charge is 0.352 e. The van der Waals surface area contributed by atoms with E-state index in [0.29, 0.717) is 18.5 Å². The van der Waals surface area contributed by atoms with Crippen molar-refractivity contribution in [2.45, 2.75) is 25.8 Å². The molecule has 0 aliphatic heterocycles. The van der Waals surface area contributed by atoms with Crippen molar-refractivity contribution >= 4 is 16.9 Å². The number of pyridine rings is 2. The Labute approximate surface area is 181 Å². The molecule has 2 heterocycles. The summed E-state index contributed by atoms with van der Waals surface area (Å²) in [7, 11) is 0. The number of amides is 1. The molecule has 0 unspecified atom stereocenters. The Morgan fingerprint density at radius 3 is 2.68 bits per heavy atom. The molecule has 2 aromatic carbocycles. The summed E-state index contributed by atoms with van der Waals surface area (Å²) in [6.45, 7) is 0.496. The minimum absolute atomic E-state index is 0.0321. The van der Waals surface area contributed by atoms with E-state index in [0.717, 1.165) is 46.3 Å². The van der Waals surface area contributed by atoms with Crippen LogP contribution in [0.4, 0.5) is 0 Å². The summed E-state index contributed by atoms with van der Waals surface area (Å²) in [5, 5.41) is 13.0. The van der Waals surface area contributed by atoms with Gasteiger partial charge in [0.05, 0.1) is 11.6 Å². The van der Waals surface area contributed by atoms with Crippen molar-refractivity contribution in [3.05, 3.63) is 95.8 Å². The summed E-state index contributed by atoms with van der Waals surface area (Å²) in [6, 6.07) is 25.6. The predicted octanol–water partition coefficient (Wildman–Crippen LogP) is 4.81. The second-order valence-electron chi connectivity index (χ2n) is 7.37. The Hall–Kier alpha value is -4.04. The van der Waals surface area contributed by atoms with E-state index in [4.69, 9.17) is 5.26 Å². The lowest BCUT2D eigenvalue weighted by Crippen LogP contribution is -2.22. The standard InChI is InChI=1S/C26H22N4O/c27-17-20-4-1-5-23(16-20)21-11-9-19(10-12-21)18-29-25(31)8-2-7-24-14-13-22-6-3-15-28-26(22)30-24/h1,3-6,9-16H,2,7-8,18H2,(H,29,31). The molecule has 0 saturated heterocycles. The Bertz CT molecular complexity index is 1240.